The Morgan fingerprint density at radius 2 is 1.18 bits per heavy atom. The number of halogens is 15. The summed E-state index contributed by atoms with van der Waals surface area (Å²) in [6, 6.07) is 0.857. The van der Waals surface area contributed by atoms with Gasteiger partial charge in [0.15, 0.2) is 0 Å². The molecule has 5 nitrogen and oxygen atoms in total. The van der Waals surface area contributed by atoms with Crippen molar-refractivity contribution in [2.45, 2.75) is 36.9 Å². The molecule has 0 radical (unpaired) electrons. The van der Waals surface area contributed by atoms with Gasteiger partial charge in [-0.15, -0.1) is 0 Å². The minimum absolute atomic E-state index is 0.317. The Balaban J connectivity index is 1.73. The summed E-state index contributed by atoms with van der Waals surface area (Å²) >= 11 is 0. The predicted molar refractivity (Wildman–Crippen MR) is 145 cm³/mol. The summed E-state index contributed by atoms with van der Waals surface area (Å²) in [6.45, 7) is 0. The molecule has 0 aliphatic carbocycles. The highest BCUT2D eigenvalue weighted by Gasteiger charge is 2.46. The number of allylic oxidation sites excluding steroid dienone is 3. The van der Waals surface area contributed by atoms with Gasteiger partial charge in [-0.1, -0.05) is 6.08 Å². The van der Waals surface area contributed by atoms with Crippen molar-refractivity contribution in [1.29, 1.82) is 0 Å². The van der Waals surface area contributed by atoms with Gasteiger partial charge in [0, 0.05) is 0 Å². The van der Waals surface area contributed by atoms with Gasteiger partial charge in [-0.25, -0.2) is 4.99 Å². The van der Waals surface area contributed by atoms with E-state index in [-0.39, 0.29) is 0 Å². The molecule has 0 fully saturated rings. The Morgan fingerprint density at radius 3 is 1.74 bits per heavy atom. The molecular formula is C30H12F15N5. The fraction of sp³-hybridized carbons (Fsp3) is 0.200. The van der Waals surface area contributed by atoms with Crippen LogP contribution in [0.3, 0.4) is 0 Å². The molecule has 7 rings (SSSR count). The second-order valence-electron chi connectivity index (χ2n) is 11.1. The Bertz CT molecular complexity index is 2520. The molecule has 50 heavy (non-hydrogen) atoms. The van der Waals surface area contributed by atoms with Gasteiger partial charge < -0.3 is 14.4 Å². The van der Waals surface area contributed by atoms with E-state index in [2.05, 4.69) is 9.98 Å². The molecule has 1 atom stereocenters. The molecule has 3 aliphatic rings. The van der Waals surface area contributed by atoms with Crippen LogP contribution in [0.25, 0.3) is 33.9 Å². The van der Waals surface area contributed by atoms with Gasteiger partial charge in [0.1, 0.15) is 33.7 Å². The molecule has 1 unspecified atom stereocenters. The summed E-state index contributed by atoms with van der Waals surface area (Å²) in [5.74, 6) is 0. The van der Waals surface area contributed by atoms with Crippen LogP contribution in [-0.2, 0) is 6.18 Å². The summed E-state index contributed by atoms with van der Waals surface area (Å²) in [5.41, 5.74) is -14.6. The molecule has 20 heteroatoms. The number of hydrogen-bond donors (Lipinski definition) is 2. The molecule has 0 spiro atoms. The minimum Gasteiger partial charge on any atom is -0.354 e. The second kappa shape index (κ2) is 10.2. The van der Waals surface area contributed by atoms with Crippen molar-refractivity contribution in [1.82, 2.24) is 14.4 Å². The molecule has 8 bridgehead atoms. The molecule has 3 aliphatic heterocycles. The molecular weight excluding hydrogens is 715 g/mol. The van der Waals surface area contributed by atoms with Crippen LogP contribution in [0.4, 0.5) is 65.9 Å². The van der Waals surface area contributed by atoms with E-state index in [1.165, 1.54) is 0 Å². The molecule has 0 aromatic carbocycles. The number of H-pyrrole nitrogens is 2. The number of hydrogen-bond acceptors (Lipinski definition) is 2. The lowest BCUT2D eigenvalue weighted by Gasteiger charge is -2.16. The first-order valence-electron chi connectivity index (χ1n) is 13.7. The fourth-order valence-electron chi connectivity index (χ4n) is 6.28. The maximum Gasteiger partial charge on any atom is 0.420 e. The second-order valence-corrected chi connectivity index (χ2v) is 11.1. The number of aliphatic imine (C=N–C) groups is 1. The van der Waals surface area contributed by atoms with Crippen LogP contribution in [0.15, 0.2) is 64.2 Å². The van der Waals surface area contributed by atoms with Crippen LogP contribution in [-0.4, -0.2) is 50.8 Å². The molecule has 4 aromatic heterocycles. The first-order valence-corrected chi connectivity index (χ1v) is 13.7. The van der Waals surface area contributed by atoms with Gasteiger partial charge in [-0.3, -0.25) is 4.99 Å². The van der Waals surface area contributed by atoms with E-state index in [4.69, 9.17) is 0 Å². The lowest BCUT2D eigenvalue weighted by atomic mass is 10.1. The topological polar surface area (TPSA) is 60.7 Å². The third kappa shape index (κ3) is 5.13. The van der Waals surface area contributed by atoms with Crippen molar-refractivity contribution in [2.24, 2.45) is 9.98 Å². The number of aromatic amines is 2. The van der Waals surface area contributed by atoms with Crippen LogP contribution in [0.2, 0.25) is 0 Å². The van der Waals surface area contributed by atoms with Crippen molar-refractivity contribution in [3.63, 3.8) is 0 Å². The third-order valence-corrected chi connectivity index (χ3v) is 8.05. The highest BCUT2D eigenvalue weighted by Crippen LogP contribution is 2.41. The monoisotopic (exact) mass is 727 g/mol. The normalized spacial score (nSPS) is 23.3. The van der Waals surface area contributed by atoms with Gasteiger partial charge >= 0.3 is 30.9 Å². The van der Waals surface area contributed by atoms with Crippen molar-refractivity contribution in [3.8, 4) is 0 Å². The van der Waals surface area contributed by atoms with E-state index in [1.807, 2.05) is 9.97 Å². The Morgan fingerprint density at radius 1 is 0.600 bits per heavy atom. The number of fused-ring (bicyclic) bond motifs is 6. The Hall–Kier alpha value is -5.17. The van der Waals surface area contributed by atoms with Gasteiger partial charge in [0.25, 0.3) is 0 Å². The lowest BCUT2D eigenvalue weighted by Crippen LogP contribution is -2.36. The Labute approximate surface area is 265 Å². The van der Waals surface area contributed by atoms with Crippen molar-refractivity contribution < 1.29 is 65.9 Å². The van der Waals surface area contributed by atoms with Gasteiger partial charge in [0.2, 0.25) is 0 Å². The largest absolute Gasteiger partial charge is 0.420 e. The number of aromatic nitrogens is 3. The highest BCUT2D eigenvalue weighted by molar-refractivity contribution is 6.27. The molecule has 0 amide bonds. The van der Waals surface area contributed by atoms with Gasteiger partial charge in [-0.05, 0) is 48.6 Å². The molecule has 7 heterocycles. The quantitative estimate of drug-likeness (QED) is 0.231. The molecule has 262 valence electrons. The number of rotatable bonds is 0. The molecule has 2 N–H and O–H groups in total. The van der Waals surface area contributed by atoms with Gasteiger partial charge in [0.05, 0.1) is 55.3 Å². The van der Waals surface area contributed by atoms with Gasteiger partial charge in [-0.2, -0.15) is 65.9 Å². The lowest BCUT2D eigenvalue weighted by molar-refractivity contribution is -0.137. The van der Waals surface area contributed by atoms with E-state index in [1.54, 1.807) is 0 Å². The van der Waals surface area contributed by atoms with Crippen molar-refractivity contribution in [3.05, 3.63) is 98.0 Å². The SMILES string of the molecule is FC(F)(F)/C1=C2/C=c3c(c(C(F)(F)F)c4cc/c(n34)=C(\C(F)(F)F)C3C=CC(=N3)/C(C(F)(F)F)=c3/cc/c([nH]3)=C(\C(F)(F)F)c3ccc1[nH]3)=N2. The van der Waals surface area contributed by atoms with Crippen molar-refractivity contribution >= 4 is 39.6 Å². The van der Waals surface area contributed by atoms with E-state index in [9.17, 15) is 65.9 Å². The predicted octanol–water partition coefficient (Wildman–Crippen LogP) is 5.30. The average Bonchev–Trinajstić information content (AvgIpc) is 3.74. The van der Waals surface area contributed by atoms with Crippen LogP contribution in [0, 0.1) is 0 Å². The zero-order valence-electron chi connectivity index (χ0n) is 23.8. The van der Waals surface area contributed by atoms with Crippen LogP contribution in [0.1, 0.15) is 17.0 Å². The first kappa shape index (κ1) is 33.3. The van der Waals surface area contributed by atoms with Crippen LogP contribution in [0.5, 0.6) is 0 Å². The smallest absolute Gasteiger partial charge is 0.354 e. The van der Waals surface area contributed by atoms with Crippen LogP contribution >= 0.6 is 0 Å². The molecule has 0 saturated carbocycles. The average molecular weight is 727 g/mol. The summed E-state index contributed by atoms with van der Waals surface area (Å²) < 4.78 is 218. The van der Waals surface area contributed by atoms with E-state index >= 15 is 0 Å². The zero-order valence-corrected chi connectivity index (χ0v) is 23.8. The van der Waals surface area contributed by atoms with E-state index < -0.39 is 120 Å². The van der Waals surface area contributed by atoms with Crippen LogP contribution < -0.4 is 26.8 Å². The molecule has 4 aromatic rings. The summed E-state index contributed by atoms with van der Waals surface area (Å²) in [4.78, 5) is 10.8. The number of nitrogens with zero attached hydrogens (tertiary/aromatic N) is 3. The number of alkyl halides is 15. The zero-order chi connectivity index (χ0) is 36.5. The summed E-state index contributed by atoms with van der Waals surface area (Å²) in [6.07, 6.45) is -25.9. The minimum atomic E-state index is -5.53. The van der Waals surface area contributed by atoms with Crippen molar-refractivity contribution in [2.75, 3.05) is 0 Å². The summed E-state index contributed by atoms with van der Waals surface area (Å²) in [5, 5.41) is -5.40. The maximum atomic E-state index is 14.7. The van der Waals surface area contributed by atoms with E-state index in [0.717, 1.165) is 0 Å². The van der Waals surface area contributed by atoms with E-state index in [0.29, 0.717) is 59.0 Å². The third-order valence-electron chi connectivity index (χ3n) is 8.05. The highest BCUT2D eigenvalue weighted by atomic mass is 19.4. The Kier molecular flexibility index (Phi) is 6.79. The standard InChI is InChI=1S/C30H12F15N5/c31-26(32,33)20-10-1-2-11(46-10)21(27(34,35)36)13-5-6-15(48-13)23(29(40,41)42)17-7-8-18-24(30(43,44)45)25-19(50(17)18)9-16(49-25)22(28(37,38)39)14-4-3-12(20)47-14/h1-9,15,46-47H/b20-10+,21-11+,22-16-,23-17+. The summed E-state index contributed by atoms with van der Waals surface area (Å²) in [7, 11) is 0. The molecule has 0 saturated heterocycles. The number of nitrogens with one attached hydrogen (secondary N) is 2. The first-order chi connectivity index (χ1) is 23.0. The fourth-order valence-corrected chi connectivity index (χ4v) is 6.28. The maximum absolute atomic E-state index is 14.7.